The van der Waals surface area contributed by atoms with E-state index in [1.807, 2.05) is 0 Å². The van der Waals surface area contributed by atoms with Gasteiger partial charge in [-0.2, -0.15) is 17.6 Å². The van der Waals surface area contributed by atoms with Crippen LogP contribution >= 0.6 is 11.3 Å². The number of aromatic nitrogens is 3. The predicted octanol–water partition coefficient (Wildman–Crippen LogP) is 4.48. The van der Waals surface area contributed by atoms with Crippen molar-refractivity contribution in [3.05, 3.63) is 68.7 Å². The number of nitro benzene ring substituents is 1. The minimum Gasteiger partial charge on any atom is -0.465 e. The van der Waals surface area contributed by atoms with Crippen LogP contribution in [-0.4, -0.2) is 37.3 Å². The monoisotopic (exact) mass is 485 g/mol. The van der Waals surface area contributed by atoms with Gasteiger partial charge in [0.1, 0.15) is 15.7 Å². The van der Waals surface area contributed by atoms with E-state index in [9.17, 15) is 32.5 Å². The summed E-state index contributed by atoms with van der Waals surface area (Å²) in [6, 6.07) is 4.78. The van der Waals surface area contributed by atoms with Crippen molar-refractivity contribution >= 4 is 23.1 Å². The molecule has 0 aliphatic rings. The molecule has 2 heterocycles. The van der Waals surface area contributed by atoms with Crippen LogP contribution in [0.15, 0.2) is 36.5 Å². The second-order valence-corrected chi connectivity index (χ2v) is 7.92. The number of amides is 1. The van der Waals surface area contributed by atoms with Crippen molar-refractivity contribution < 1.29 is 32.4 Å². The summed E-state index contributed by atoms with van der Waals surface area (Å²) in [5, 5.41) is 30.9. The number of rotatable bonds is 8. The SMILES string of the molecule is O=C(O)N[C@H](CCc1nnc(-c2ccc([N+](=O)[O-])c(F)c2)s1)Cc1ccc(C(F)(F)F)nc1. The summed E-state index contributed by atoms with van der Waals surface area (Å²) in [6.45, 7) is 0. The van der Waals surface area contributed by atoms with Gasteiger partial charge in [0.15, 0.2) is 0 Å². The number of nitrogens with one attached hydrogen (secondary N) is 1. The Hall–Kier alpha value is -3.68. The maximum absolute atomic E-state index is 13.8. The van der Waals surface area contributed by atoms with Gasteiger partial charge in [-0.1, -0.05) is 17.4 Å². The number of hydrogen-bond acceptors (Lipinski definition) is 7. The molecule has 0 fully saturated rings. The van der Waals surface area contributed by atoms with E-state index < -0.39 is 40.4 Å². The first-order valence-corrected chi connectivity index (χ1v) is 10.1. The fraction of sp³-hybridized carbons (Fsp3) is 0.263. The molecule has 3 rings (SSSR count). The molecule has 0 aliphatic carbocycles. The topological polar surface area (TPSA) is 131 Å². The molecular formula is C19H15F4N5O4S. The third-order valence-corrected chi connectivity index (χ3v) is 5.52. The van der Waals surface area contributed by atoms with Gasteiger partial charge in [-0.25, -0.2) is 4.79 Å². The van der Waals surface area contributed by atoms with Gasteiger partial charge < -0.3 is 10.4 Å². The molecule has 0 radical (unpaired) electrons. The average Bonchev–Trinajstić information content (AvgIpc) is 3.20. The lowest BCUT2D eigenvalue weighted by Gasteiger charge is -2.16. The lowest BCUT2D eigenvalue weighted by molar-refractivity contribution is -0.387. The lowest BCUT2D eigenvalue weighted by atomic mass is 10.0. The summed E-state index contributed by atoms with van der Waals surface area (Å²) in [5.74, 6) is -1.01. The van der Waals surface area contributed by atoms with E-state index in [4.69, 9.17) is 5.11 Å². The van der Waals surface area contributed by atoms with Crippen molar-refractivity contribution in [2.24, 2.45) is 0 Å². The first-order valence-electron chi connectivity index (χ1n) is 9.31. The second-order valence-electron chi connectivity index (χ2n) is 6.86. The zero-order valence-corrected chi connectivity index (χ0v) is 17.4. The number of carboxylic acid groups (broad SMARTS) is 1. The Morgan fingerprint density at radius 1 is 1.24 bits per heavy atom. The highest BCUT2D eigenvalue weighted by Crippen LogP contribution is 2.29. The third-order valence-electron chi connectivity index (χ3n) is 4.49. The molecular weight excluding hydrogens is 470 g/mol. The van der Waals surface area contributed by atoms with E-state index >= 15 is 0 Å². The summed E-state index contributed by atoms with van der Waals surface area (Å²) in [7, 11) is 0. The van der Waals surface area contributed by atoms with Crippen molar-refractivity contribution in [3.63, 3.8) is 0 Å². The number of alkyl halides is 3. The van der Waals surface area contributed by atoms with Gasteiger partial charge in [0, 0.05) is 30.3 Å². The first-order chi connectivity index (χ1) is 15.5. The van der Waals surface area contributed by atoms with Crippen LogP contribution in [0.2, 0.25) is 0 Å². The Bertz CT molecular complexity index is 1150. The summed E-state index contributed by atoms with van der Waals surface area (Å²) >= 11 is 1.11. The number of benzene rings is 1. The minimum atomic E-state index is -4.57. The Labute approximate surface area is 187 Å². The zero-order chi connectivity index (χ0) is 24.2. The number of carbonyl (C=O) groups is 1. The molecule has 14 heteroatoms. The summed E-state index contributed by atoms with van der Waals surface area (Å²) in [5.41, 5.74) is -0.985. The molecule has 0 unspecified atom stereocenters. The molecule has 0 bridgehead atoms. The molecule has 1 atom stereocenters. The van der Waals surface area contributed by atoms with Crippen LogP contribution in [0.3, 0.4) is 0 Å². The van der Waals surface area contributed by atoms with E-state index in [2.05, 4.69) is 20.5 Å². The molecule has 2 aromatic heterocycles. The summed E-state index contributed by atoms with van der Waals surface area (Å²) in [4.78, 5) is 24.4. The normalized spacial score (nSPS) is 12.4. The molecule has 0 aliphatic heterocycles. The van der Waals surface area contributed by atoms with Gasteiger partial charge in [0.2, 0.25) is 5.82 Å². The van der Waals surface area contributed by atoms with Crippen molar-refractivity contribution in [2.75, 3.05) is 0 Å². The van der Waals surface area contributed by atoms with Gasteiger partial charge in [-0.05, 0) is 36.6 Å². The smallest absolute Gasteiger partial charge is 0.433 e. The Morgan fingerprint density at radius 2 is 2.00 bits per heavy atom. The predicted molar refractivity (Wildman–Crippen MR) is 108 cm³/mol. The number of nitro groups is 1. The lowest BCUT2D eigenvalue weighted by Crippen LogP contribution is -2.35. The Kier molecular flexibility index (Phi) is 7.16. The molecule has 174 valence electrons. The molecule has 33 heavy (non-hydrogen) atoms. The summed E-state index contributed by atoms with van der Waals surface area (Å²) < 4.78 is 51.8. The third kappa shape index (κ3) is 6.41. The van der Waals surface area contributed by atoms with Gasteiger partial charge in [-0.3, -0.25) is 15.1 Å². The number of pyridine rings is 1. The van der Waals surface area contributed by atoms with Crippen molar-refractivity contribution in [1.82, 2.24) is 20.5 Å². The summed E-state index contributed by atoms with van der Waals surface area (Å²) in [6.07, 6.45) is -4.16. The van der Waals surface area contributed by atoms with E-state index in [1.54, 1.807) is 0 Å². The highest BCUT2D eigenvalue weighted by atomic mass is 32.1. The molecule has 0 spiro atoms. The highest BCUT2D eigenvalue weighted by molar-refractivity contribution is 7.14. The van der Waals surface area contributed by atoms with Crippen molar-refractivity contribution in [3.8, 4) is 10.6 Å². The van der Waals surface area contributed by atoms with E-state index in [0.717, 1.165) is 35.7 Å². The van der Waals surface area contributed by atoms with Crippen LogP contribution in [0.4, 0.5) is 28.0 Å². The van der Waals surface area contributed by atoms with Crippen LogP contribution < -0.4 is 5.32 Å². The maximum atomic E-state index is 13.8. The van der Waals surface area contributed by atoms with Gasteiger partial charge >= 0.3 is 18.0 Å². The van der Waals surface area contributed by atoms with E-state index in [0.29, 0.717) is 21.1 Å². The number of halogens is 4. The van der Waals surface area contributed by atoms with Crippen LogP contribution in [0.1, 0.15) is 22.7 Å². The molecule has 0 saturated heterocycles. The zero-order valence-electron chi connectivity index (χ0n) is 16.5. The van der Waals surface area contributed by atoms with Crippen molar-refractivity contribution in [1.29, 1.82) is 0 Å². The molecule has 0 saturated carbocycles. The van der Waals surface area contributed by atoms with Gasteiger partial charge in [0.05, 0.1) is 4.92 Å². The number of hydrogen-bond donors (Lipinski definition) is 2. The number of nitrogens with zero attached hydrogens (tertiary/aromatic N) is 4. The molecule has 1 amide bonds. The fourth-order valence-electron chi connectivity index (χ4n) is 2.95. The molecule has 2 N–H and O–H groups in total. The maximum Gasteiger partial charge on any atom is 0.433 e. The molecule has 3 aromatic rings. The van der Waals surface area contributed by atoms with Crippen LogP contribution in [0.5, 0.6) is 0 Å². The second kappa shape index (κ2) is 9.85. The van der Waals surface area contributed by atoms with Gasteiger partial charge in [-0.15, -0.1) is 10.2 Å². The van der Waals surface area contributed by atoms with Crippen LogP contribution in [0.25, 0.3) is 10.6 Å². The quantitative estimate of drug-likeness (QED) is 0.273. The fourth-order valence-corrected chi connectivity index (χ4v) is 3.81. The Balaban J connectivity index is 1.67. The Morgan fingerprint density at radius 3 is 2.58 bits per heavy atom. The largest absolute Gasteiger partial charge is 0.465 e. The highest BCUT2D eigenvalue weighted by Gasteiger charge is 2.32. The number of aryl methyl sites for hydroxylation is 1. The van der Waals surface area contributed by atoms with Gasteiger partial charge in [0.25, 0.3) is 0 Å². The van der Waals surface area contributed by atoms with Crippen LogP contribution in [-0.2, 0) is 19.0 Å². The van der Waals surface area contributed by atoms with E-state index in [1.165, 1.54) is 12.1 Å². The van der Waals surface area contributed by atoms with Crippen LogP contribution in [0, 0.1) is 15.9 Å². The first kappa shape index (κ1) is 24.0. The average molecular weight is 485 g/mol. The van der Waals surface area contributed by atoms with Crippen molar-refractivity contribution in [2.45, 2.75) is 31.5 Å². The molecule has 9 nitrogen and oxygen atoms in total. The minimum absolute atomic E-state index is 0.108. The van der Waals surface area contributed by atoms with E-state index in [-0.39, 0.29) is 19.3 Å². The molecule has 1 aromatic carbocycles. The standard InChI is InChI=1S/C19H15F4N5O4S/c20-13-8-11(2-4-14(13)28(31)32)17-27-26-16(33-17)6-3-12(25-18(29)30)7-10-1-5-15(24-9-10)19(21,22)23/h1-2,4-5,8-9,12,25H,3,6-7H2,(H,29,30)/t12-/m1/s1.